The molecule has 9 heteroatoms. The second-order valence-electron chi connectivity index (χ2n) is 14.6. The Morgan fingerprint density at radius 2 is 1.68 bits per heavy atom. The molecule has 0 aromatic rings. The molecule has 11 atom stereocenters. The van der Waals surface area contributed by atoms with Crippen LogP contribution in [0.1, 0.15) is 99.3 Å². The minimum Gasteiger partial charge on any atom is -0.449 e. The van der Waals surface area contributed by atoms with Crippen molar-refractivity contribution in [3.63, 3.8) is 0 Å². The molecule has 0 radical (unpaired) electrons. The standard InChI is InChI=1S/C31H53NO7S/c1-8-22-25-17-21(34)9-13-29(25,4)23-10-15-31(6)24(26(23)27(22)35)11-14-30(31,5)19(2)12-16-39-28(36)32(18-20(3)33)40(7,37)38/h19,21-27,34-35H,8-18H2,1-7H3/t19-,21-,22-,23+,24+,25+,26-,27-,29-,30-,31+/m1/s1. The van der Waals surface area contributed by atoms with Crippen LogP contribution in [0, 0.1) is 51.8 Å². The molecule has 40 heavy (non-hydrogen) atoms. The van der Waals surface area contributed by atoms with E-state index in [4.69, 9.17) is 4.74 Å². The summed E-state index contributed by atoms with van der Waals surface area (Å²) in [4.78, 5) is 24.1. The zero-order valence-corrected chi connectivity index (χ0v) is 26.5. The molecule has 230 valence electrons. The predicted molar refractivity (Wildman–Crippen MR) is 154 cm³/mol. The topological polar surface area (TPSA) is 121 Å². The molecule has 1 amide bonds. The molecular formula is C31H53NO7S. The van der Waals surface area contributed by atoms with Gasteiger partial charge in [0.15, 0.2) is 5.78 Å². The molecule has 2 N–H and O–H groups in total. The molecule has 4 aliphatic rings. The number of rotatable bonds is 8. The van der Waals surface area contributed by atoms with Gasteiger partial charge in [-0.05, 0) is 110 Å². The average Bonchev–Trinajstić information content (AvgIpc) is 3.14. The molecule has 4 fully saturated rings. The molecule has 4 saturated carbocycles. The summed E-state index contributed by atoms with van der Waals surface area (Å²) in [6.07, 6.45) is 7.90. The van der Waals surface area contributed by atoms with Gasteiger partial charge in [0, 0.05) is 0 Å². The van der Waals surface area contributed by atoms with Gasteiger partial charge in [0.05, 0.1) is 31.6 Å². The maximum atomic E-state index is 12.5. The van der Waals surface area contributed by atoms with Crippen LogP contribution in [0.4, 0.5) is 4.79 Å². The highest BCUT2D eigenvalue weighted by atomic mass is 32.2. The fourth-order valence-electron chi connectivity index (χ4n) is 10.3. The van der Waals surface area contributed by atoms with E-state index in [1.807, 2.05) is 0 Å². The quantitative estimate of drug-likeness (QED) is 0.412. The van der Waals surface area contributed by atoms with Crippen LogP contribution < -0.4 is 0 Å². The van der Waals surface area contributed by atoms with Gasteiger partial charge in [0.25, 0.3) is 0 Å². The van der Waals surface area contributed by atoms with Crippen LogP contribution in [0.2, 0.25) is 0 Å². The Hall–Kier alpha value is -1.19. The molecule has 0 aromatic carbocycles. The molecule has 0 unspecified atom stereocenters. The van der Waals surface area contributed by atoms with Gasteiger partial charge in [0.2, 0.25) is 10.0 Å². The summed E-state index contributed by atoms with van der Waals surface area (Å²) in [5.74, 6) is 1.56. The van der Waals surface area contributed by atoms with Gasteiger partial charge in [-0.1, -0.05) is 41.0 Å². The van der Waals surface area contributed by atoms with Gasteiger partial charge in [-0.2, -0.15) is 4.31 Å². The van der Waals surface area contributed by atoms with Gasteiger partial charge in [0.1, 0.15) is 0 Å². The maximum Gasteiger partial charge on any atom is 0.423 e. The van der Waals surface area contributed by atoms with Crippen molar-refractivity contribution in [3.8, 4) is 0 Å². The van der Waals surface area contributed by atoms with Crippen LogP contribution in [-0.2, 0) is 19.6 Å². The lowest BCUT2D eigenvalue weighted by molar-refractivity contribution is -0.209. The van der Waals surface area contributed by atoms with E-state index in [0.29, 0.717) is 28.5 Å². The molecule has 0 aliphatic heterocycles. The first-order chi connectivity index (χ1) is 18.5. The Morgan fingerprint density at radius 1 is 1.02 bits per heavy atom. The minimum atomic E-state index is -3.90. The van der Waals surface area contributed by atoms with Gasteiger partial charge >= 0.3 is 6.09 Å². The number of aliphatic hydroxyl groups excluding tert-OH is 2. The Morgan fingerprint density at radius 3 is 2.27 bits per heavy atom. The Bertz CT molecular complexity index is 1080. The van der Waals surface area contributed by atoms with Gasteiger partial charge in [-0.15, -0.1) is 0 Å². The van der Waals surface area contributed by atoms with E-state index >= 15 is 0 Å². The monoisotopic (exact) mass is 583 g/mol. The number of ether oxygens (including phenoxy) is 1. The Labute approximate surface area is 241 Å². The predicted octanol–water partition coefficient (Wildman–Crippen LogP) is 5.02. The van der Waals surface area contributed by atoms with E-state index in [9.17, 15) is 28.2 Å². The van der Waals surface area contributed by atoms with E-state index < -0.39 is 28.4 Å². The second kappa shape index (κ2) is 11.1. The van der Waals surface area contributed by atoms with Crippen LogP contribution in [0.5, 0.6) is 0 Å². The third-order valence-corrected chi connectivity index (χ3v) is 14.0. The molecule has 0 aromatic heterocycles. The number of sulfonamides is 1. The summed E-state index contributed by atoms with van der Waals surface area (Å²) >= 11 is 0. The molecule has 4 rings (SSSR count). The van der Waals surface area contributed by atoms with E-state index in [1.165, 1.54) is 6.92 Å². The Balaban J connectivity index is 1.49. The number of carbonyl (C=O) groups is 2. The summed E-state index contributed by atoms with van der Waals surface area (Å²) < 4.78 is 29.9. The van der Waals surface area contributed by atoms with E-state index in [1.54, 1.807) is 0 Å². The lowest BCUT2D eigenvalue weighted by atomic mass is 9.40. The summed E-state index contributed by atoms with van der Waals surface area (Å²) in [7, 11) is -3.90. The van der Waals surface area contributed by atoms with Crippen molar-refractivity contribution >= 4 is 21.9 Å². The average molecular weight is 584 g/mol. The fourth-order valence-corrected chi connectivity index (χ4v) is 11.0. The number of fused-ring (bicyclic) bond motifs is 5. The molecular weight excluding hydrogens is 530 g/mol. The summed E-state index contributed by atoms with van der Waals surface area (Å²) in [5, 5.41) is 22.5. The summed E-state index contributed by atoms with van der Waals surface area (Å²) in [6, 6.07) is 0. The van der Waals surface area contributed by atoms with E-state index in [0.717, 1.165) is 57.6 Å². The van der Waals surface area contributed by atoms with Crippen molar-refractivity contribution in [1.82, 2.24) is 4.31 Å². The number of hydrogen-bond acceptors (Lipinski definition) is 7. The lowest BCUT2D eigenvalue weighted by Gasteiger charge is -2.65. The summed E-state index contributed by atoms with van der Waals surface area (Å²) in [6.45, 7) is 12.5. The van der Waals surface area contributed by atoms with Crippen molar-refractivity contribution in [2.45, 2.75) is 112 Å². The zero-order valence-electron chi connectivity index (χ0n) is 25.7. The SMILES string of the molecule is CC[C@H]1[C@@H](O)[C@@H]2[C@H](CC[C@@]3(C)[C@H]2CC[C@]3(C)[C@H](C)CCOC(=O)N(CC(C)=O)S(C)(=O)=O)[C@@]2(C)CC[C@@H](O)C[C@@H]12. The maximum absolute atomic E-state index is 12.5. The highest BCUT2D eigenvalue weighted by Crippen LogP contribution is 2.72. The van der Waals surface area contributed by atoms with Crippen LogP contribution in [-0.4, -0.2) is 66.4 Å². The smallest absolute Gasteiger partial charge is 0.423 e. The third-order valence-electron chi connectivity index (χ3n) is 12.9. The first kappa shape index (κ1) is 31.7. The van der Waals surface area contributed by atoms with Crippen molar-refractivity contribution in [2.75, 3.05) is 19.4 Å². The Kier molecular flexibility index (Phi) is 8.84. The minimum absolute atomic E-state index is 0.00705. The van der Waals surface area contributed by atoms with Crippen LogP contribution in [0.15, 0.2) is 0 Å². The van der Waals surface area contributed by atoms with Crippen molar-refractivity contribution in [2.24, 2.45) is 51.8 Å². The van der Waals surface area contributed by atoms with Crippen LogP contribution in [0.25, 0.3) is 0 Å². The molecule has 8 nitrogen and oxygen atoms in total. The number of ketones is 1. The number of amides is 1. The first-order valence-electron chi connectivity index (χ1n) is 15.5. The van der Waals surface area contributed by atoms with Gasteiger partial charge < -0.3 is 14.9 Å². The van der Waals surface area contributed by atoms with Crippen molar-refractivity contribution < 1.29 is 33.0 Å². The van der Waals surface area contributed by atoms with Crippen LogP contribution in [0.3, 0.4) is 0 Å². The van der Waals surface area contributed by atoms with Crippen molar-refractivity contribution in [3.05, 3.63) is 0 Å². The number of Topliss-reactive ketones (excluding diaryl/α,β-unsaturated/α-hetero) is 1. The number of aliphatic hydroxyl groups is 2. The number of hydrogen-bond donors (Lipinski definition) is 2. The highest BCUT2D eigenvalue weighted by molar-refractivity contribution is 7.88. The normalized spacial score (nSPS) is 43.7. The fraction of sp³-hybridized carbons (Fsp3) is 0.935. The molecule has 0 bridgehead atoms. The largest absolute Gasteiger partial charge is 0.449 e. The van der Waals surface area contributed by atoms with Gasteiger partial charge in [-0.3, -0.25) is 4.79 Å². The number of nitrogens with zero attached hydrogens (tertiary/aromatic N) is 1. The number of carbonyl (C=O) groups excluding carboxylic acids is 2. The molecule has 0 heterocycles. The van der Waals surface area contributed by atoms with Crippen molar-refractivity contribution in [1.29, 1.82) is 0 Å². The first-order valence-corrected chi connectivity index (χ1v) is 17.4. The zero-order chi connectivity index (χ0) is 29.8. The van der Waals surface area contributed by atoms with E-state index in [-0.39, 0.29) is 52.8 Å². The van der Waals surface area contributed by atoms with E-state index in [2.05, 4.69) is 34.6 Å². The highest BCUT2D eigenvalue weighted by Gasteiger charge is 2.67. The summed E-state index contributed by atoms with van der Waals surface area (Å²) in [5.41, 5.74) is 0.198. The van der Waals surface area contributed by atoms with Crippen LogP contribution >= 0.6 is 0 Å². The lowest BCUT2D eigenvalue weighted by Crippen LogP contribution is -2.62. The second-order valence-corrected chi connectivity index (χ2v) is 16.5. The third kappa shape index (κ3) is 5.14. The molecule has 4 aliphatic carbocycles. The van der Waals surface area contributed by atoms with Gasteiger partial charge in [-0.25, -0.2) is 13.2 Å². The molecule has 0 saturated heterocycles. The molecule has 0 spiro atoms.